The summed E-state index contributed by atoms with van der Waals surface area (Å²) >= 11 is 0. The molecule has 1 aromatic carbocycles. The summed E-state index contributed by atoms with van der Waals surface area (Å²) < 4.78 is 0. The van der Waals surface area contributed by atoms with Gasteiger partial charge in [-0.05, 0) is 24.6 Å². The van der Waals surface area contributed by atoms with Crippen molar-refractivity contribution in [1.82, 2.24) is 24.9 Å². The van der Waals surface area contributed by atoms with E-state index in [-0.39, 0.29) is 37.1 Å². The van der Waals surface area contributed by atoms with Gasteiger partial charge in [0, 0.05) is 32.2 Å². The van der Waals surface area contributed by atoms with Gasteiger partial charge in [0.2, 0.25) is 5.91 Å². The molecule has 0 bridgehead atoms. The van der Waals surface area contributed by atoms with Gasteiger partial charge in [-0.1, -0.05) is 12.1 Å². The molecule has 30 heavy (non-hydrogen) atoms. The third-order valence-corrected chi connectivity index (χ3v) is 5.21. The summed E-state index contributed by atoms with van der Waals surface area (Å²) in [4.78, 5) is 65.5. The standard InChI is InChI=1S/C20H19N5O5/c26-16-7-6-15(21-22-16)20(30)24-9-3-8-23(10-11-24)17(27)12-25-18(28)13-4-1-2-5-14(13)19(25)29/h1-2,4-7H,3,8-12H2,(H,22,26). The van der Waals surface area contributed by atoms with Gasteiger partial charge in [0.25, 0.3) is 23.3 Å². The molecule has 1 aromatic heterocycles. The lowest BCUT2D eigenvalue weighted by molar-refractivity contribution is -0.131. The molecular weight excluding hydrogens is 390 g/mol. The van der Waals surface area contributed by atoms with E-state index in [4.69, 9.17) is 0 Å². The van der Waals surface area contributed by atoms with E-state index in [0.29, 0.717) is 30.6 Å². The maximum Gasteiger partial charge on any atom is 0.274 e. The number of hydrogen-bond donors (Lipinski definition) is 1. The number of nitrogens with zero attached hydrogens (tertiary/aromatic N) is 4. The molecule has 0 aliphatic carbocycles. The number of carbonyl (C=O) groups is 4. The number of benzene rings is 1. The Hall–Kier alpha value is -3.82. The number of fused-ring (bicyclic) bond motifs is 1. The molecule has 1 N–H and O–H groups in total. The number of rotatable bonds is 3. The van der Waals surface area contributed by atoms with Gasteiger partial charge < -0.3 is 9.80 Å². The lowest BCUT2D eigenvalue weighted by atomic mass is 10.1. The van der Waals surface area contributed by atoms with Gasteiger partial charge in [0.05, 0.1) is 11.1 Å². The molecule has 4 rings (SSSR count). The summed E-state index contributed by atoms with van der Waals surface area (Å²) in [6.45, 7) is 1.06. The second-order valence-corrected chi connectivity index (χ2v) is 7.08. The van der Waals surface area contributed by atoms with E-state index in [1.165, 1.54) is 12.1 Å². The minimum absolute atomic E-state index is 0.125. The quantitative estimate of drug-likeness (QED) is 0.697. The fourth-order valence-electron chi connectivity index (χ4n) is 3.61. The van der Waals surface area contributed by atoms with Gasteiger partial charge in [-0.15, -0.1) is 0 Å². The number of amides is 4. The molecule has 3 heterocycles. The number of carbonyl (C=O) groups excluding carboxylic acids is 4. The second kappa shape index (κ2) is 7.90. The maximum absolute atomic E-state index is 12.8. The Morgan fingerprint density at radius 1 is 0.867 bits per heavy atom. The number of aromatic amines is 1. The van der Waals surface area contributed by atoms with Crippen molar-refractivity contribution in [3.05, 3.63) is 63.6 Å². The first-order chi connectivity index (χ1) is 14.5. The predicted molar refractivity (Wildman–Crippen MR) is 104 cm³/mol. The highest BCUT2D eigenvalue weighted by Gasteiger charge is 2.37. The fourth-order valence-corrected chi connectivity index (χ4v) is 3.61. The first-order valence-corrected chi connectivity index (χ1v) is 9.53. The van der Waals surface area contributed by atoms with Crippen LogP contribution in [0, 0.1) is 0 Å². The number of aromatic nitrogens is 2. The van der Waals surface area contributed by atoms with Crippen LogP contribution in [-0.2, 0) is 4.79 Å². The van der Waals surface area contributed by atoms with Crippen molar-refractivity contribution in [1.29, 1.82) is 0 Å². The highest BCUT2D eigenvalue weighted by Crippen LogP contribution is 2.22. The zero-order chi connectivity index (χ0) is 21.3. The summed E-state index contributed by atoms with van der Waals surface area (Å²) in [6, 6.07) is 9.08. The third-order valence-electron chi connectivity index (χ3n) is 5.21. The van der Waals surface area contributed by atoms with Gasteiger partial charge in [-0.25, -0.2) is 5.10 Å². The Labute approximate surface area is 171 Å². The monoisotopic (exact) mass is 409 g/mol. The van der Waals surface area contributed by atoms with Crippen LogP contribution in [0.5, 0.6) is 0 Å². The average Bonchev–Trinajstić information content (AvgIpc) is 2.93. The van der Waals surface area contributed by atoms with Crippen LogP contribution in [0.25, 0.3) is 0 Å². The molecule has 2 aliphatic heterocycles. The van der Waals surface area contributed by atoms with E-state index in [2.05, 4.69) is 10.2 Å². The van der Waals surface area contributed by atoms with Crippen LogP contribution in [0.1, 0.15) is 37.6 Å². The number of H-pyrrole nitrogens is 1. The van der Waals surface area contributed by atoms with Crippen molar-refractivity contribution in [3.8, 4) is 0 Å². The van der Waals surface area contributed by atoms with E-state index in [1.807, 2.05) is 0 Å². The molecule has 2 aromatic rings. The van der Waals surface area contributed by atoms with Crippen molar-refractivity contribution in [3.63, 3.8) is 0 Å². The Morgan fingerprint density at radius 2 is 1.50 bits per heavy atom. The lowest BCUT2D eigenvalue weighted by Crippen LogP contribution is -2.44. The van der Waals surface area contributed by atoms with Crippen LogP contribution in [0.2, 0.25) is 0 Å². The Balaban J connectivity index is 1.39. The van der Waals surface area contributed by atoms with E-state index in [9.17, 15) is 24.0 Å². The molecule has 4 amide bonds. The predicted octanol–water partition coefficient (Wildman–Crippen LogP) is -0.259. The topological polar surface area (TPSA) is 124 Å². The smallest absolute Gasteiger partial charge is 0.274 e. The molecule has 154 valence electrons. The van der Waals surface area contributed by atoms with Gasteiger partial charge in [-0.3, -0.25) is 28.9 Å². The Morgan fingerprint density at radius 3 is 2.13 bits per heavy atom. The van der Waals surface area contributed by atoms with E-state index >= 15 is 0 Å². The fraction of sp³-hybridized carbons (Fsp3) is 0.300. The average molecular weight is 409 g/mol. The zero-order valence-corrected chi connectivity index (χ0v) is 16.0. The van der Waals surface area contributed by atoms with Crippen molar-refractivity contribution in [2.75, 3.05) is 32.7 Å². The van der Waals surface area contributed by atoms with Gasteiger partial charge in [0.1, 0.15) is 12.2 Å². The molecule has 0 spiro atoms. The minimum atomic E-state index is -0.472. The van der Waals surface area contributed by atoms with Crippen molar-refractivity contribution < 1.29 is 19.2 Å². The molecule has 0 radical (unpaired) electrons. The molecule has 1 saturated heterocycles. The first-order valence-electron chi connectivity index (χ1n) is 9.53. The number of imide groups is 1. The maximum atomic E-state index is 12.8. The first kappa shape index (κ1) is 19.5. The van der Waals surface area contributed by atoms with Crippen LogP contribution < -0.4 is 5.56 Å². The zero-order valence-electron chi connectivity index (χ0n) is 16.0. The number of hydrogen-bond acceptors (Lipinski definition) is 6. The molecule has 2 aliphatic rings. The molecule has 10 nitrogen and oxygen atoms in total. The molecular formula is C20H19N5O5. The van der Waals surface area contributed by atoms with Gasteiger partial charge in [0.15, 0.2) is 0 Å². The summed E-state index contributed by atoms with van der Waals surface area (Å²) in [5.74, 6) is -1.62. The molecule has 0 unspecified atom stereocenters. The van der Waals surface area contributed by atoms with E-state index in [1.54, 1.807) is 34.1 Å². The summed E-state index contributed by atoms with van der Waals surface area (Å²) in [6.07, 6.45) is 0.545. The molecule has 0 saturated carbocycles. The highest BCUT2D eigenvalue weighted by molar-refractivity contribution is 6.22. The van der Waals surface area contributed by atoms with E-state index in [0.717, 1.165) is 4.90 Å². The second-order valence-electron chi connectivity index (χ2n) is 7.08. The highest BCUT2D eigenvalue weighted by atomic mass is 16.2. The molecule has 10 heteroatoms. The van der Waals surface area contributed by atoms with Crippen LogP contribution in [0.4, 0.5) is 0 Å². The summed E-state index contributed by atoms with van der Waals surface area (Å²) in [7, 11) is 0. The van der Waals surface area contributed by atoms with Crippen molar-refractivity contribution in [2.45, 2.75) is 6.42 Å². The van der Waals surface area contributed by atoms with Crippen LogP contribution in [0.15, 0.2) is 41.2 Å². The Bertz CT molecular complexity index is 1040. The summed E-state index contributed by atoms with van der Waals surface area (Å²) in [5.41, 5.74) is 0.334. The van der Waals surface area contributed by atoms with Crippen molar-refractivity contribution >= 4 is 23.6 Å². The van der Waals surface area contributed by atoms with Crippen LogP contribution in [0.3, 0.4) is 0 Å². The molecule has 0 atom stereocenters. The van der Waals surface area contributed by atoms with Gasteiger partial charge in [-0.2, -0.15) is 5.10 Å². The van der Waals surface area contributed by atoms with Crippen molar-refractivity contribution in [2.24, 2.45) is 0 Å². The SMILES string of the molecule is O=C(CN1C(=O)c2ccccc2C1=O)N1CCCN(C(=O)c2ccc(=O)[nH]n2)CC1. The Kier molecular flexibility index (Phi) is 5.13. The third kappa shape index (κ3) is 3.59. The number of nitrogens with one attached hydrogen (secondary N) is 1. The van der Waals surface area contributed by atoms with E-state index < -0.39 is 17.4 Å². The summed E-state index contributed by atoms with van der Waals surface area (Å²) in [5, 5.41) is 5.98. The van der Waals surface area contributed by atoms with Crippen LogP contribution >= 0.6 is 0 Å². The largest absolute Gasteiger partial charge is 0.339 e. The normalized spacial score (nSPS) is 16.5. The molecule has 1 fully saturated rings. The van der Waals surface area contributed by atoms with Gasteiger partial charge >= 0.3 is 0 Å². The minimum Gasteiger partial charge on any atom is -0.339 e. The van der Waals surface area contributed by atoms with Crippen LogP contribution in [-0.4, -0.2) is 81.2 Å². The lowest BCUT2D eigenvalue weighted by Gasteiger charge is -2.23.